The summed E-state index contributed by atoms with van der Waals surface area (Å²) in [6, 6.07) is 25.7. The second kappa shape index (κ2) is 10.7. The van der Waals surface area contributed by atoms with E-state index in [4.69, 9.17) is 0 Å². The summed E-state index contributed by atoms with van der Waals surface area (Å²) in [6.07, 6.45) is 1.31. The lowest BCUT2D eigenvalue weighted by Gasteiger charge is -2.38. The lowest BCUT2D eigenvalue weighted by atomic mass is 9.91. The predicted octanol–water partition coefficient (Wildman–Crippen LogP) is 4.33. The highest BCUT2D eigenvalue weighted by atomic mass is 16.4. The number of fused-ring (bicyclic) bond motifs is 2. The first-order chi connectivity index (χ1) is 18.0. The normalized spacial score (nSPS) is 15.7. The van der Waals surface area contributed by atoms with Crippen molar-refractivity contribution in [2.45, 2.75) is 44.3 Å². The number of para-hydroxylation sites is 1. The molecule has 0 saturated heterocycles. The van der Waals surface area contributed by atoms with E-state index in [9.17, 15) is 19.5 Å². The summed E-state index contributed by atoms with van der Waals surface area (Å²) in [5, 5.41) is 13.4. The summed E-state index contributed by atoms with van der Waals surface area (Å²) in [6.45, 7) is 0.317. The number of nitrogens with one attached hydrogen (secondary N) is 2. The highest BCUT2D eigenvalue weighted by Gasteiger charge is 2.35. The number of aliphatic carboxylic acids is 1. The molecule has 2 atom stereocenters. The molecule has 0 spiro atoms. The molecule has 4 aromatic rings. The Bertz CT molecular complexity index is 1400. The van der Waals surface area contributed by atoms with E-state index in [0.29, 0.717) is 31.5 Å². The van der Waals surface area contributed by atoms with Gasteiger partial charge in [-0.1, -0.05) is 72.8 Å². The number of H-pyrrole nitrogens is 1. The Labute approximate surface area is 215 Å². The van der Waals surface area contributed by atoms with E-state index in [2.05, 4.69) is 10.3 Å². The van der Waals surface area contributed by atoms with Gasteiger partial charge in [0.15, 0.2) is 0 Å². The number of carbonyl (C=O) groups excluding carboxylic acids is 2. The molecular weight excluding hydrogens is 466 g/mol. The van der Waals surface area contributed by atoms with E-state index in [0.717, 1.165) is 27.6 Å². The fourth-order valence-electron chi connectivity index (χ4n) is 5.07. The van der Waals surface area contributed by atoms with Gasteiger partial charge in [-0.15, -0.1) is 0 Å². The van der Waals surface area contributed by atoms with Crippen molar-refractivity contribution in [2.24, 2.45) is 0 Å². The first kappa shape index (κ1) is 24.3. The van der Waals surface area contributed by atoms with Gasteiger partial charge in [-0.25, -0.2) is 0 Å². The van der Waals surface area contributed by atoms with Crippen LogP contribution in [0.15, 0.2) is 84.9 Å². The molecule has 3 N–H and O–H groups in total. The lowest BCUT2D eigenvalue weighted by Crippen LogP contribution is -2.54. The Morgan fingerprint density at radius 2 is 1.65 bits per heavy atom. The highest BCUT2D eigenvalue weighted by Crippen LogP contribution is 2.26. The number of aromatic nitrogens is 1. The first-order valence-electron chi connectivity index (χ1n) is 12.5. The second-order valence-electron chi connectivity index (χ2n) is 9.51. The quantitative estimate of drug-likeness (QED) is 0.339. The summed E-state index contributed by atoms with van der Waals surface area (Å²) < 4.78 is 0. The van der Waals surface area contributed by atoms with Crippen LogP contribution in [0.3, 0.4) is 0 Å². The molecule has 188 valence electrons. The molecule has 2 heterocycles. The van der Waals surface area contributed by atoms with Crippen LogP contribution < -0.4 is 5.32 Å². The Balaban J connectivity index is 1.42. The van der Waals surface area contributed by atoms with Gasteiger partial charge in [0.05, 0.1) is 6.42 Å². The molecule has 7 nitrogen and oxygen atoms in total. The largest absolute Gasteiger partial charge is 0.481 e. The molecule has 0 bridgehead atoms. The number of carboxylic acid groups (broad SMARTS) is 1. The zero-order valence-corrected chi connectivity index (χ0v) is 20.4. The van der Waals surface area contributed by atoms with E-state index in [1.807, 2.05) is 78.9 Å². The summed E-state index contributed by atoms with van der Waals surface area (Å²) in [7, 11) is 0. The Kier molecular flexibility index (Phi) is 7.03. The van der Waals surface area contributed by atoms with Crippen LogP contribution >= 0.6 is 0 Å². The van der Waals surface area contributed by atoms with Crippen LogP contribution in [-0.2, 0) is 29.0 Å². The maximum absolute atomic E-state index is 14.0. The minimum absolute atomic E-state index is 0.151. The number of hydrogen-bond acceptors (Lipinski definition) is 3. The molecule has 1 aromatic heterocycles. The molecule has 2 amide bonds. The van der Waals surface area contributed by atoms with Gasteiger partial charge in [-0.3, -0.25) is 14.4 Å². The molecule has 0 fully saturated rings. The summed E-state index contributed by atoms with van der Waals surface area (Å²) in [5.41, 5.74) is 4.34. The van der Waals surface area contributed by atoms with Crippen LogP contribution in [0.5, 0.6) is 0 Å². The molecule has 7 heteroatoms. The Hall–Kier alpha value is -4.39. The van der Waals surface area contributed by atoms with Crippen molar-refractivity contribution in [3.05, 3.63) is 107 Å². The van der Waals surface area contributed by atoms with Crippen LogP contribution in [0.1, 0.15) is 40.0 Å². The number of aromatic amines is 1. The highest BCUT2D eigenvalue weighted by molar-refractivity contribution is 6.00. The maximum atomic E-state index is 14.0. The van der Waals surface area contributed by atoms with Gasteiger partial charge in [0.2, 0.25) is 5.91 Å². The fourth-order valence-corrected chi connectivity index (χ4v) is 5.07. The van der Waals surface area contributed by atoms with Crippen LogP contribution in [0, 0.1) is 0 Å². The van der Waals surface area contributed by atoms with Crippen molar-refractivity contribution in [3.63, 3.8) is 0 Å². The summed E-state index contributed by atoms with van der Waals surface area (Å²) in [4.78, 5) is 43.7. The van der Waals surface area contributed by atoms with Crippen LogP contribution in [-0.4, -0.2) is 44.9 Å². The molecule has 0 radical (unpaired) electrons. The van der Waals surface area contributed by atoms with Crippen LogP contribution in [0.2, 0.25) is 0 Å². The second-order valence-corrected chi connectivity index (χ2v) is 9.51. The monoisotopic (exact) mass is 495 g/mol. The van der Waals surface area contributed by atoms with Gasteiger partial charge < -0.3 is 20.3 Å². The van der Waals surface area contributed by atoms with Crippen molar-refractivity contribution in [2.75, 3.05) is 0 Å². The van der Waals surface area contributed by atoms with Crippen molar-refractivity contribution < 1.29 is 19.5 Å². The number of amides is 2. The summed E-state index contributed by atoms with van der Waals surface area (Å²) >= 11 is 0. The van der Waals surface area contributed by atoms with Gasteiger partial charge in [0.1, 0.15) is 11.7 Å². The number of hydrogen-bond donors (Lipinski definition) is 3. The van der Waals surface area contributed by atoms with E-state index in [1.165, 1.54) is 0 Å². The Morgan fingerprint density at radius 3 is 2.41 bits per heavy atom. The summed E-state index contributed by atoms with van der Waals surface area (Å²) in [5.74, 6) is -1.58. The lowest BCUT2D eigenvalue weighted by molar-refractivity contribution is -0.142. The van der Waals surface area contributed by atoms with Crippen molar-refractivity contribution in [3.8, 4) is 0 Å². The third-order valence-electron chi connectivity index (χ3n) is 6.99. The fraction of sp³-hybridized carbons (Fsp3) is 0.233. The molecule has 1 aliphatic heterocycles. The number of benzene rings is 3. The number of carboxylic acids is 1. The third kappa shape index (κ3) is 5.56. The van der Waals surface area contributed by atoms with Crippen LogP contribution in [0.25, 0.3) is 10.9 Å². The topological polar surface area (TPSA) is 102 Å². The van der Waals surface area contributed by atoms with Gasteiger partial charge in [-0.2, -0.15) is 0 Å². The van der Waals surface area contributed by atoms with Crippen molar-refractivity contribution in [1.29, 1.82) is 0 Å². The first-order valence-corrected chi connectivity index (χ1v) is 12.5. The third-order valence-corrected chi connectivity index (χ3v) is 6.99. The predicted molar refractivity (Wildman–Crippen MR) is 141 cm³/mol. The number of nitrogens with zero attached hydrogens (tertiary/aromatic N) is 1. The van der Waals surface area contributed by atoms with Gasteiger partial charge in [0, 0.05) is 23.5 Å². The van der Waals surface area contributed by atoms with Gasteiger partial charge in [-0.05, 0) is 48.1 Å². The molecule has 0 saturated carbocycles. The maximum Gasteiger partial charge on any atom is 0.305 e. The number of carbonyl (C=O) groups is 3. The van der Waals surface area contributed by atoms with E-state index in [1.54, 1.807) is 11.0 Å². The zero-order valence-electron chi connectivity index (χ0n) is 20.4. The average molecular weight is 496 g/mol. The molecular formula is C30H29N3O4. The molecule has 5 rings (SSSR count). The zero-order chi connectivity index (χ0) is 25.8. The van der Waals surface area contributed by atoms with E-state index in [-0.39, 0.29) is 18.2 Å². The SMILES string of the molecule is O=C(O)CC1Cc2ccccc2CN1C(=O)C(CCc1ccccc1)NC(=O)c1cc2ccccc2[nH]1. The standard InChI is InChI=1S/C30H29N3O4/c34-28(35)18-24-16-21-10-4-5-12-23(21)19-33(24)30(37)26(15-14-20-8-2-1-3-9-20)32-29(36)27-17-22-11-6-7-13-25(22)31-27/h1-13,17,24,26,31H,14-16,18-19H2,(H,32,36)(H,34,35). The number of aryl methyl sites for hydroxylation is 1. The van der Waals surface area contributed by atoms with Crippen molar-refractivity contribution >= 4 is 28.7 Å². The number of rotatable bonds is 8. The van der Waals surface area contributed by atoms with Gasteiger partial charge >= 0.3 is 5.97 Å². The minimum Gasteiger partial charge on any atom is -0.481 e. The molecule has 37 heavy (non-hydrogen) atoms. The Morgan fingerprint density at radius 1 is 0.946 bits per heavy atom. The van der Waals surface area contributed by atoms with Gasteiger partial charge in [0.25, 0.3) is 5.91 Å². The van der Waals surface area contributed by atoms with Crippen LogP contribution in [0.4, 0.5) is 0 Å². The molecule has 3 aromatic carbocycles. The van der Waals surface area contributed by atoms with E-state index >= 15 is 0 Å². The van der Waals surface area contributed by atoms with E-state index < -0.39 is 18.1 Å². The smallest absolute Gasteiger partial charge is 0.305 e. The molecule has 2 unspecified atom stereocenters. The average Bonchev–Trinajstić information content (AvgIpc) is 3.35. The molecule has 0 aliphatic carbocycles. The minimum atomic E-state index is -0.954. The molecule has 1 aliphatic rings. The van der Waals surface area contributed by atoms with Crippen molar-refractivity contribution in [1.82, 2.24) is 15.2 Å².